The van der Waals surface area contributed by atoms with Crippen LogP contribution in [0.5, 0.6) is 0 Å². The molecule has 1 saturated heterocycles. The summed E-state index contributed by atoms with van der Waals surface area (Å²) in [4.78, 5) is 12.3. The van der Waals surface area contributed by atoms with Crippen LogP contribution in [-0.4, -0.2) is 39.3 Å². The Hall–Kier alpha value is 0.106. The van der Waals surface area contributed by atoms with Gasteiger partial charge in [-0.2, -0.15) is 6.33 Å². The van der Waals surface area contributed by atoms with Gasteiger partial charge in [0.15, 0.2) is 0 Å². The monoisotopic (exact) mass is 577 g/mol. The number of rotatable bonds is 3. The van der Waals surface area contributed by atoms with Crippen LogP contribution < -0.4 is 0 Å². The molecule has 23 heavy (non-hydrogen) atoms. The van der Waals surface area contributed by atoms with Crippen molar-refractivity contribution in [2.45, 2.75) is 40.0 Å². The molecule has 1 unspecified atom stereocenters. The van der Waals surface area contributed by atoms with Gasteiger partial charge in [-0.25, -0.2) is 6.20 Å². The third-order valence-electron chi connectivity index (χ3n) is 5.08. The Kier molecular flexibility index (Phi) is 6.95. The van der Waals surface area contributed by atoms with Crippen LogP contribution in [0.1, 0.15) is 33.9 Å². The molecule has 1 aliphatic rings. The van der Waals surface area contributed by atoms with E-state index in [1.807, 2.05) is 4.57 Å². The summed E-state index contributed by atoms with van der Waals surface area (Å²) in [5.74, 6) is 0. The predicted octanol–water partition coefficient (Wildman–Crippen LogP) is 2.02. The van der Waals surface area contributed by atoms with Crippen molar-refractivity contribution in [2.24, 2.45) is 10.8 Å². The molecule has 8 heteroatoms. The second-order valence-corrected chi connectivity index (χ2v) is 6.64. The van der Waals surface area contributed by atoms with E-state index in [9.17, 15) is 0 Å². The van der Waals surface area contributed by atoms with E-state index in [4.69, 9.17) is 9.47 Å². The van der Waals surface area contributed by atoms with E-state index in [1.54, 1.807) is 13.4 Å². The van der Waals surface area contributed by atoms with Crippen molar-refractivity contribution in [1.29, 1.82) is 0 Å². The summed E-state index contributed by atoms with van der Waals surface area (Å²) in [5.41, 5.74) is 1.15. The van der Waals surface area contributed by atoms with E-state index < -0.39 is 0 Å². The van der Waals surface area contributed by atoms with Crippen LogP contribution in [0.4, 0.5) is 0 Å². The van der Waals surface area contributed by atoms with Gasteiger partial charge in [-0.05, 0) is 0 Å². The summed E-state index contributed by atoms with van der Waals surface area (Å²) in [6, 6.07) is 0. The van der Waals surface area contributed by atoms with Crippen molar-refractivity contribution in [3.63, 3.8) is 0 Å². The van der Waals surface area contributed by atoms with Crippen molar-refractivity contribution >= 4 is 11.2 Å². The summed E-state index contributed by atoms with van der Waals surface area (Å²) in [5, 5.41) is 0. The van der Waals surface area contributed by atoms with Gasteiger partial charge in [0.2, 0.25) is 0 Å². The maximum Gasteiger partial charge on any atom is 0.122 e. The van der Waals surface area contributed by atoms with Gasteiger partial charge in [-0.3, -0.25) is 4.98 Å². The summed E-state index contributed by atoms with van der Waals surface area (Å²) < 4.78 is 13.6. The van der Waals surface area contributed by atoms with E-state index >= 15 is 0 Å². The maximum atomic E-state index is 6.29. The second-order valence-electron chi connectivity index (χ2n) is 6.64. The van der Waals surface area contributed by atoms with Gasteiger partial charge >= 0.3 is 0 Å². The average molecular weight is 577 g/mol. The predicted molar refractivity (Wildman–Crippen MR) is 76.3 cm³/mol. The SMILES string of the molecule is COC[C@H]1OC(n2cnc3[c-]n[c-]nc32)C(C)(C)C1(C)C.[U].[V]. The molecule has 2 atom stereocenters. The van der Waals surface area contributed by atoms with Gasteiger partial charge in [0.1, 0.15) is 6.23 Å². The molecule has 1 fully saturated rings. The fourth-order valence-corrected chi connectivity index (χ4v) is 2.91. The maximum absolute atomic E-state index is 6.29. The molecule has 2 aromatic heterocycles. The van der Waals surface area contributed by atoms with Gasteiger partial charge < -0.3 is 24.0 Å². The number of methoxy groups -OCH3 is 1. The van der Waals surface area contributed by atoms with Crippen molar-refractivity contribution in [1.82, 2.24) is 19.5 Å². The van der Waals surface area contributed by atoms with E-state index in [2.05, 4.69) is 55.2 Å². The van der Waals surface area contributed by atoms with Gasteiger partial charge in [0, 0.05) is 67.6 Å². The molecular formula is C15H20N4O2UV-2. The standard InChI is InChI=1S/C15H20N4O2.U.V/c1-14(2)11(7-20-5)21-13(15(14,3)4)19-9-18-10-6-16-8-17-12(10)19;;/h9,11,13H,7H2,1-5H3;;/q-2;;/t11-,13?;;/m1../s1. The van der Waals surface area contributed by atoms with Gasteiger partial charge in [0.25, 0.3) is 0 Å². The molecule has 0 bridgehead atoms. The van der Waals surface area contributed by atoms with Gasteiger partial charge in [-0.1, -0.05) is 33.3 Å². The first-order valence-corrected chi connectivity index (χ1v) is 7.02. The Morgan fingerprint density at radius 1 is 1.30 bits per heavy atom. The molecular weight excluding hydrogens is 557 g/mol. The molecule has 3 rings (SSSR count). The first-order chi connectivity index (χ1) is 9.89. The van der Waals surface area contributed by atoms with Crippen LogP contribution in [0.3, 0.4) is 0 Å². The Morgan fingerprint density at radius 2 is 2.00 bits per heavy atom. The first-order valence-electron chi connectivity index (χ1n) is 7.02. The van der Waals surface area contributed by atoms with E-state index in [1.165, 1.54) is 0 Å². The quantitative estimate of drug-likeness (QED) is 0.523. The largest absolute Gasteiger partial charge is 0.522 e. The van der Waals surface area contributed by atoms with Crippen molar-refractivity contribution in [3.05, 3.63) is 18.9 Å². The van der Waals surface area contributed by atoms with Crippen LogP contribution >= 0.6 is 0 Å². The fourth-order valence-electron chi connectivity index (χ4n) is 2.91. The van der Waals surface area contributed by atoms with Gasteiger partial charge in [0.05, 0.1) is 19.0 Å². The minimum absolute atomic E-state index is 0. The minimum Gasteiger partial charge on any atom is -0.522 e. The topological polar surface area (TPSA) is 62.1 Å². The number of imidazole rings is 1. The Morgan fingerprint density at radius 3 is 2.65 bits per heavy atom. The fraction of sp³-hybridized carbons (Fsp3) is 0.667. The first kappa shape index (κ1) is 21.1. The molecule has 0 saturated carbocycles. The molecule has 2 aromatic rings. The zero-order chi connectivity index (χ0) is 15.3. The Balaban J connectivity index is 0.00000132. The van der Waals surface area contributed by atoms with E-state index in [-0.39, 0.29) is 72.8 Å². The Bertz CT molecular complexity index is 662. The third kappa shape index (κ3) is 3.29. The minimum atomic E-state index is -0.172. The summed E-state index contributed by atoms with van der Waals surface area (Å²) >= 11 is 0. The molecule has 6 nitrogen and oxygen atoms in total. The van der Waals surface area contributed by atoms with Gasteiger partial charge in [-0.15, -0.1) is 5.52 Å². The zero-order valence-corrected chi connectivity index (χ0v) is 19.6. The second kappa shape index (κ2) is 7.55. The summed E-state index contributed by atoms with van der Waals surface area (Å²) in [6.07, 6.45) is 6.95. The molecule has 0 amide bonds. The smallest absolute Gasteiger partial charge is 0.122 e. The van der Waals surface area contributed by atoms with Crippen LogP contribution in [0.15, 0.2) is 6.33 Å². The molecule has 0 spiro atoms. The van der Waals surface area contributed by atoms with Crippen LogP contribution in [0.2, 0.25) is 0 Å². The molecule has 0 aliphatic carbocycles. The van der Waals surface area contributed by atoms with E-state index in [0.29, 0.717) is 17.8 Å². The molecule has 0 aromatic carbocycles. The third-order valence-corrected chi connectivity index (χ3v) is 5.08. The normalized spacial score (nSPS) is 24.9. The molecule has 123 valence electrons. The number of nitrogens with zero attached hydrogens (tertiary/aromatic N) is 4. The molecule has 1 aliphatic heterocycles. The number of ether oxygens (including phenoxy) is 2. The number of fused-ring (bicyclic) bond motifs is 1. The van der Waals surface area contributed by atoms with Crippen LogP contribution in [-0.2, 0) is 28.0 Å². The van der Waals surface area contributed by atoms with E-state index in [0.717, 1.165) is 0 Å². The van der Waals surface area contributed by atoms with Crippen molar-refractivity contribution in [3.8, 4) is 0 Å². The Labute approximate surface area is 172 Å². The molecule has 0 N–H and O–H groups in total. The number of hydrogen-bond acceptors (Lipinski definition) is 5. The summed E-state index contributed by atoms with van der Waals surface area (Å²) in [7, 11) is 1.70. The molecule has 1 radical (unpaired) electrons. The average Bonchev–Trinajstić information content (AvgIpc) is 2.92. The van der Waals surface area contributed by atoms with Crippen LogP contribution in [0, 0.1) is 54.5 Å². The van der Waals surface area contributed by atoms with Crippen LogP contribution in [0.25, 0.3) is 11.2 Å². The number of aromatic nitrogens is 4. The number of hydrogen-bond donors (Lipinski definition) is 0. The molecule has 3 heterocycles. The summed E-state index contributed by atoms with van der Waals surface area (Å²) in [6.45, 7) is 9.39. The zero-order valence-electron chi connectivity index (χ0n) is 14.0. The van der Waals surface area contributed by atoms with Crippen molar-refractivity contribution < 1.29 is 59.1 Å². The van der Waals surface area contributed by atoms with Crippen molar-refractivity contribution in [2.75, 3.05) is 13.7 Å².